The van der Waals surface area contributed by atoms with Gasteiger partial charge < -0.3 is 4.84 Å². The molecule has 0 atom stereocenters. The summed E-state index contributed by atoms with van der Waals surface area (Å²) in [6.07, 6.45) is 0.757. The predicted octanol–water partition coefficient (Wildman–Crippen LogP) is 3.06. The molecule has 0 saturated heterocycles. The van der Waals surface area contributed by atoms with Crippen LogP contribution in [0.1, 0.15) is 29.8 Å². The van der Waals surface area contributed by atoms with E-state index < -0.39 is 0 Å². The third-order valence-corrected chi connectivity index (χ3v) is 2.09. The van der Waals surface area contributed by atoms with Crippen LogP contribution in [0.3, 0.4) is 0 Å². The Morgan fingerprint density at radius 2 is 2.27 bits per heavy atom. The van der Waals surface area contributed by atoms with Crippen LogP contribution in [0.4, 0.5) is 0 Å². The van der Waals surface area contributed by atoms with Gasteiger partial charge in [-0.15, -0.1) is 0 Å². The van der Waals surface area contributed by atoms with Gasteiger partial charge in [0.15, 0.2) is 6.29 Å². The Morgan fingerprint density at radius 1 is 1.53 bits per heavy atom. The van der Waals surface area contributed by atoms with Crippen molar-refractivity contribution >= 4 is 23.6 Å². The van der Waals surface area contributed by atoms with Crippen LogP contribution < -0.4 is 0 Å². The van der Waals surface area contributed by atoms with Crippen molar-refractivity contribution < 1.29 is 9.63 Å². The van der Waals surface area contributed by atoms with Crippen LogP contribution in [0.5, 0.6) is 0 Å². The maximum absolute atomic E-state index is 10.7. The van der Waals surface area contributed by atoms with Gasteiger partial charge in [0.1, 0.15) is 6.61 Å². The molecule has 0 aliphatic rings. The lowest BCUT2D eigenvalue weighted by atomic mass is 10.1. The van der Waals surface area contributed by atoms with Crippen LogP contribution in [-0.2, 0) is 11.4 Å². The van der Waals surface area contributed by atoms with E-state index in [9.17, 15) is 4.79 Å². The third kappa shape index (κ3) is 3.36. The van der Waals surface area contributed by atoms with E-state index in [1.165, 1.54) is 0 Å². The molecule has 0 aliphatic carbocycles. The lowest BCUT2D eigenvalue weighted by Gasteiger charge is -2.05. The fraction of sp³-hybridized carbons (Fsp3) is 0.273. The van der Waals surface area contributed by atoms with E-state index in [0.29, 0.717) is 16.1 Å². The van der Waals surface area contributed by atoms with E-state index in [2.05, 4.69) is 5.16 Å². The van der Waals surface area contributed by atoms with Gasteiger partial charge in [0.25, 0.3) is 0 Å². The minimum atomic E-state index is 0.207. The van der Waals surface area contributed by atoms with E-state index in [0.717, 1.165) is 12.0 Å². The second-order valence-electron chi connectivity index (χ2n) is 3.24. The van der Waals surface area contributed by atoms with Gasteiger partial charge in [-0.1, -0.05) is 28.9 Å². The van der Waals surface area contributed by atoms with Crippen LogP contribution in [0.15, 0.2) is 23.4 Å². The molecule has 3 nitrogen and oxygen atoms in total. The number of nitrogens with zero attached hydrogens (tertiary/aromatic N) is 1. The number of benzene rings is 1. The standard InChI is InChI=1S/C11H12ClNO2/c1-8(2)13-15-7-10-9(6-14)4-3-5-11(10)12/h3-6H,7H2,1-2H3. The summed E-state index contributed by atoms with van der Waals surface area (Å²) < 4.78 is 0. The maximum Gasteiger partial charge on any atom is 0.150 e. The first-order valence-electron chi connectivity index (χ1n) is 4.51. The first-order valence-corrected chi connectivity index (χ1v) is 4.88. The number of rotatable bonds is 4. The molecule has 0 heterocycles. The van der Waals surface area contributed by atoms with Crippen LogP contribution in [-0.4, -0.2) is 12.0 Å². The lowest BCUT2D eigenvalue weighted by molar-refractivity contribution is 0.110. The minimum absolute atomic E-state index is 0.207. The molecule has 0 saturated carbocycles. The minimum Gasteiger partial charge on any atom is -0.391 e. The Kier molecular flexibility index (Phi) is 4.31. The van der Waals surface area contributed by atoms with Crippen molar-refractivity contribution in [1.29, 1.82) is 0 Å². The normalized spacial score (nSPS) is 9.53. The van der Waals surface area contributed by atoms with Gasteiger partial charge in [-0.05, 0) is 19.9 Å². The molecule has 0 N–H and O–H groups in total. The topological polar surface area (TPSA) is 38.7 Å². The molecule has 0 bridgehead atoms. The molecule has 0 radical (unpaired) electrons. The maximum atomic E-state index is 10.7. The van der Waals surface area contributed by atoms with E-state index in [-0.39, 0.29) is 6.61 Å². The number of carbonyl (C=O) groups is 1. The average molecular weight is 226 g/mol. The largest absolute Gasteiger partial charge is 0.391 e. The summed E-state index contributed by atoms with van der Waals surface area (Å²) in [5.41, 5.74) is 2.01. The highest BCUT2D eigenvalue weighted by molar-refractivity contribution is 6.31. The van der Waals surface area contributed by atoms with Gasteiger partial charge in [0.2, 0.25) is 0 Å². The number of carbonyl (C=O) groups excluding carboxylic acids is 1. The van der Waals surface area contributed by atoms with E-state index in [4.69, 9.17) is 16.4 Å². The molecule has 15 heavy (non-hydrogen) atoms. The molecule has 0 unspecified atom stereocenters. The molecule has 1 aromatic rings. The molecule has 0 fully saturated rings. The second kappa shape index (κ2) is 5.51. The Balaban J connectivity index is 2.83. The van der Waals surface area contributed by atoms with Crippen molar-refractivity contribution in [3.05, 3.63) is 34.3 Å². The molecular weight excluding hydrogens is 214 g/mol. The summed E-state index contributed by atoms with van der Waals surface area (Å²) in [6.45, 7) is 3.86. The van der Waals surface area contributed by atoms with Gasteiger partial charge in [-0.25, -0.2) is 0 Å². The molecule has 0 aliphatic heterocycles. The zero-order valence-electron chi connectivity index (χ0n) is 8.66. The van der Waals surface area contributed by atoms with Gasteiger partial charge in [-0.2, -0.15) is 0 Å². The quantitative estimate of drug-likeness (QED) is 0.449. The Labute approximate surface area is 93.7 Å². The van der Waals surface area contributed by atoms with Gasteiger partial charge in [-0.3, -0.25) is 4.79 Å². The zero-order valence-corrected chi connectivity index (χ0v) is 9.41. The summed E-state index contributed by atoms with van der Waals surface area (Å²) in [5.74, 6) is 0. The number of hydrogen-bond acceptors (Lipinski definition) is 3. The van der Waals surface area contributed by atoms with Crippen molar-refractivity contribution in [2.75, 3.05) is 0 Å². The van der Waals surface area contributed by atoms with E-state index in [1.807, 2.05) is 13.8 Å². The molecule has 0 amide bonds. The van der Waals surface area contributed by atoms with Crippen LogP contribution in [0.25, 0.3) is 0 Å². The van der Waals surface area contributed by atoms with Gasteiger partial charge in [0, 0.05) is 16.1 Å². The van der Waals surface area contributed by atoms with E-state index in [1.54, 1.807) is 18.2 Å². The lowest BCUT2D eigenvalue weighted by Crippen LogP contribution is -1.96. The number of aldehydes is 1. The second-order valence-corrected chi connectivity index (χ2v) is 3.64. The van der Waals surface area contributed by atoms with Crippen molar-refractivity contribution in [3.8, 4) is 0 Å². The fourth-order valence-electron chi connectivity index (χ4n) is 1.06. The first kappa shape index (κ1) is 11.7. The third-order valence-electron chi connectivity index (χ3n) is 1.74. The Hall–Kier alpha value is -1.35. The number of hydrogen-bond donors (Lipinski definition) is 0. The van der Waals surface area contributed by atoms with Gasteiger partial charge >= 0.3 is 0 Å². The zero-order chi connectivity index (χ0) is 11.3. The Bertz CT molecular complexity index is 384. The molecule has 80 valence electrons. The Morgan fingerprint density at radius 3 is 2.87 bits per heavy atom. The molecule has 1 aromatic carbocycles. The highest BCUT2D eigenvalue weighted by atomic mass is 35.5. The van der Waals surface area contributed by atoms with Crippen molar-refractivity contribution in [2.45, 2.75) is 20.5 Å². The van der Waals surface area contributed by atoms with Crippen LogP contribution in [0.2, 0.25) is 5.02 Å². The highest BCUT2D eigenvalue weighted by Gasteiger charge is 2.06. The predicted molar refractivity (Wildman–Crippen MR) is 60.4 cm³/mol. The van der Waals surface area contributed by atoms with Crippen LogP contribution in [0, 0.1) is 0 Å². The van der Waals surface area contributed by atoms with Crippen molar-refractivity contribution in [1.82, 2.24) is 0 Å². The monoisotopic (exact) mass is 225 g/mol. The number of oxime groups is 1. The number of halogens is 1. The fourth-order valence-corrected chi connectivity index (χ4v) is 1.30. The molecule has 1 rings (SSSR count). The van der Waals surface area contributed by atoms with Gasteiger partial charge in [0.05, 0.1) is 5.71 Å². The summed E-state index contributed by atoms with van der Waals surface area (Å²) in [6, 6.07) is 5.14. The molecule has 4 heteroatoms. The van der Waals surface area contributed by atoms with Crippen molar-refractivity contribution in [2.24, 2.45) is 5.16 Å². The summed E-state index contributed by atoms with van der Waals surface area (Å²) in [5, 5.41) is 4.30. The molecule has 0 spiro atoms. The summed E-state index contributed by atoms with van der Waals surface area (Å²) in [7, 11) is 0. The highest BCUT2D eigenvalue weighted by Crippen LogP contribution is 2.19. The SMILES string of the molecule is CC(C)=NOCc1c(Cl)cccc1C=O. The smallest absolute Gasteiger partial charge is 0.150 e. The van der Waals surface area contributed by atoms with Crippen LogP contribution >= 0.6 is 11.6 Å². The average Bonchev–Trinajstić information content (AvgIpc) is 2.20. The summed E-state index contributed by atoms with van der Waals surface area (Å²) >= 11 is 5.94. The van der Waals surface area contributed by atoms with Crippen molar-refractivity contribution in [3.63, 3.8) is 0 Å². The van der Waals surface area contributed by atoms with E-state index >= 15 is 0 Å². The molecular formula is C11H12ClNO2. The molecule has 0 aromatic heterocycles. The summed E-state index contributed by atoms with van der Waals surface area (Å²) in [4.78, 5) is 15.8. The first-order chi connectivity index (χ1) is 7.15.